The van der Waals surface area contributed by atoms with Crippen LogP contribution in [0.2, 0.25) is 0 Å². The average molecular weight is 644 g/mol. The van der Waals surface area contributed by atoms with Gasteiger partial charge in [0.2, 0.25) is 11.8 Å². The number of likely N-dealkylation sites (N-methyl/N-ethyl adjacent to an activating group) is 1. The minimum atomic E-state index is -1.08. The summed E-state index contributed by atoms with van der Waals surface area (Å²) in [6, 6.07) is 25.6. The fourth-order valence-corrected chi connectivity index (χ4v) is 5.36. The molecule has 0 unspecified atom stereocenters. The van der Waals surface area contributed by atoms with Gasteiger partial charge in [0, 0.05) is 19.5 Å². The second kappa shape index (κ2) is 18.1. The minimum absolute atomic E-state index is 0.000449. The van der Waals surface area contributed by atoms with Crippen LogP contribution in [-0.4, -0.2) is 71.4 Å². The van der Waals surface area contributed by atoms with E-state index in [0.717, 1.165) is 16.7 Å². The van der Waals surface area contributed by atoms with Crippen molar-refractivity contribution in [3.63, 3.8) is 0 Å². The molecule has 0 spiro atoms. The molecule has 0 saturated carbocycles. The summed E-state index contributed by atoms with van der Waals surface area (Å²) in [6.07, 6.45) is 0.0811. The second-order valence-electron chi connectivity index (χ2n) is 11.1. The minimum Gasteiger partial charge on any atom is -0.461 e. The molecule has 0 aromatic heterocycles. The SMILES string of the molecule is CCN(C(=O)[C@@H]1CCCN1C(=O)CNC(=O)OCc1ccccc1)[C@@H](CCC(=O)OCc1ccccc1)C(=O)OCc1ccccc1. The molecule has 47 heavy (non-hydrogen) atoms. The number of nitrogens with one attached hydrogen (secondary N) is 1. The Bertz CT molecular complexity index is 1470. The number of esters is 2. The van der Waals surface area contributed by atoms with Gasteiger partial charge in [0.25, 0.3) is 0 Å². The monoisotopic (exact) mass is 643 g/mol. The molecule has 1 aliphatic heterocycles. The van der Waals surface area contributed by atoms with Gasteiger partial charge in [-0.25, -0.2) is 9.59 Å². The highest BCUT2D eigenvalue weighted by atomic mass is 16.5. The molecule has 11 heteroatoms. The van der Waals surface area contributed by atoms with E-state index in [1.807, 2.05) is 91.0 Å². The van der Waals surface area contributed by atoms with Crippen molar-refractivity contribution in [3.05, 3.63) is 108 Å². The molecule has 1 N–H and O–H groups in total. The summed E-state index contributed by atoms with van der Waals surface area (Å²) < 4.78 is 16.2. The van der Waals surface area contributed by atoms with Gasteiger partial charge in [-0.05, 0) is 42.9 Å². The summed E-state index contributed by atoms with van der Waals surface area (Å²) in [5.74, 6) is -2.04. The number of amides is 3. The van der Waals surface area contributed by atoms with Crippen molar-refractivity contribution in [2.24, 2.45) is 0 Å². The first-order valence-electron chi connectivity index (χ1n) is 15.8. The molecule has 3 aromatic rings. The number of ether oxygens (including phenoxy) is 3. The average Bonchev–Trinajstić information content (AvgIpc) is 3.61. The summed E-state index contributed by atoms with van der Waals surface area (Å²) in [5, 5.41) is 2.46. The van der Waals surface area contributed by atoms with Gasteiger partial charge in [-0.3, -0.25) is 14.4 Å². The molecular weight excluding hydrogens is 602 g/mol. The van der Waals surface area contributed by atoms with E-state index in [4.69, 9.17) is 14.2 Å². The third-order valence-corrected chi connectivity index (χ3v) is 7.82. The Kier molecular flexibility index (Phi) is 13.3. The highest BCUT2D eigenvalue weighted by Gasteiger charge is 2.40. The van der Waals surface area contributed by atoms with E-state index in [1.165, 1.54) is 9.80 Å². The molecule has 0 aliphatic carbocycles. The number of carbonyl (C=O) groups excluding carboxylic acids is 5. The molecule has 1 heterocycles. The lowest BCUT2D eigenvalue weighted by Gasteiger charge is -2.34. The quantitative estimate of drug-likeness (QED) is 0.191. The molecule has 248 valence electrons. The maximum Gasteiger partial charge on any atom is 0.407 e. The third kappa shape index (κ3) is 10.7. The van der Waals surface area contributed by atoms with Gasteiger partial charge in [-0.15, -0.1) is 0 Å². The number of alkyl carbamates (subject to hydrolysis) is 1. The number of nitrogens with zero attached hydrogens (tertiary/aromatic N) is 2. The summed E-state index contributed by atoms with van der Waals surface area (Å²) in [6.45, 7) is 1.99. The van der Waals surface area contributed by atoms with E-state index in [0.29, 0.717) is 19.4 Å². The molecule has 2 atom stereocenters. The molecule has 4 rings (SSSR count). The molecule has 11 nitrogen and oxygen atoms in total. The molecule has 1 aliphatic rings. The summed E-state index contributed by atoms with van der Waals surface area (Å²) in [4.78, 5) is 68.3. The lowest BCUT2D eigenvalue weighted by molar-refractivity contribution is -0.159. The number of hydrogen-bond acceptors (Lipinski definition) is 8. The van der Waals surface area contributed by atoms with Crippen molar-refractivity contribution in [1.29, 1.82) is 0 Å². The van der Waals surface area contributed by atoms with Gasteiger partial charge in [-0.2, -0.15) is 0 Å². The van der Waals surface area contributed by atoms with Crippen molar-refractivity contribution in [2.75, 3.05) is 19.6 Å². The Labute approximate surface area is 274 Å². The zero-order valence-electron chi connectivity index (χ0n) is 26.5. The van der Waals surface area contributed by atoms with Crippen LogP contribution in [0.15, 0.2) is 91.0 Å². The fourth-order valence-electron chi connectivity index (χ4n) is 5.36. The smallest absolute Gasteiger partial charge is 0.407 e. The zero-order valence-corrected chi connectivity index (χ0v) is 26.5. The fraction of sp³-hybridized carbons (Fsp3) is 0.361. The number of rotatable bonds is 15. The molecule has 0 bridgehead atoms. The summed E-state index contributed by atoms with van der Waals surface area (Å²) in [5.41, 5.74) is 2.41. The van der Waals surface area contributed by atoms with E-state index < -0.39 is 41.9 Å². The van der Waals surface area contributed by atoms with E-state index in [2.05, 4.69) is 5.32 Å². The molecule has 1 fully saturated rings. The van der Waals surface area contributed by atoms with Gasteiger partial charge in [-0.1, -0.05) is 91.0 Å². The van der Waals surface area contributed by atoms with Crippen molar-refractivity contribution < 1.29 is 38.2 Å². The second-order valence-corrected chi connectivity index (χ2v) is 11.1. The Hall–Kier alpha value is -5.19. The maximum atomic E-state index is 14.0. The number of hydrogen-bond donors (Lipinski definition) is 1. The largest absolute Gasteiger partial charge is 0.461 e. The van der Waals surface area contributed by atoms with Gasteiger partial charge < -0.3 is 29.3 Å². The number of benzene rings is 3. The first-order chi connectivity index (χ1) is 22.9. The molecule has 1 saturated heterocycles. The standard InChI is InChI=1S/C36H41N3O8/c1-2-38(34(42)30-19-12-22-39(30)32(40)23-37-36(44)47-26-29-17-10-5-11-18-29)31(35(43)46-25-28-15-8-4-9-16-28)20-21-33(41)45-24-27-13-6-3-7-14-27/h3-11,13-18,30-31H,2,12,19-26H2,1H3,(H,37,44)/t30-,31-/m0/s1. The first kappa shape index (κ1) is 34.7. The van der Waals surface area contributed by atoms with Gasteiger partial charge in [0.15, 0.2) is 0 Å². The highest BCUT2D eigenvalue weighted by Crippen LogP contribution is 2.23. The van der Waals surface area contributed by atoms with Crippen LogP contribution in [0.25, 0.3) is 0 Å². The van der Waals surface area contributed by atoms with Crippen LogP contribution in [-0.2, 0) is 53.2 Å². The van der Waals surface area contributed by atoms with Gasteiger partial charge >= 0.3 is 18.0 Å². The third-order valence-electron chi connectivity index (χ3n) is 7.82. The lowest BCUT2D eigenvalue weighted by atomic mass is 10.1. The van der Waals surface area contributed by atoms with Crippen LogP contribution in [0.4, 0.5) is 4.79 Å². The number of carbonyl (C=O) groups is 5. The van der Waals surface area contributed by atoms with E-state index in [-0.39, 0.29) is 45.8 Å². The van der Waals surface area contributed by atoms with Crippen molar-refractivity contribution in [2.45, 2.75) is 64.5 Å². The Morgan fingerprint density at radius 2 is 1.32 bits per heavy atom. The maximum absolute atomic E-state index is 14.0. The van der Waals surface area contributed by atoms with Crippen LogP contribution in [0.3, 0.4) is 0 Å². The van der Waals surface area contributed by atoms with Crippen LogP contribution in [0.1, 0.15) is 49.3 Å². The van der Waals surface area contributed by atoms with Crippen molar-refractivity contribution in [1.82, 2.24) is 15.1 Å². The molecule has 3 aromatic carbocycles. The Balaban J connectivity index is 1.38. The van der Waals surface area contributed by atoms with Crippen LogP contribution in [0, 0.1) is 0 Å². The molecule has 3 amide bonds. The van der Waals surface area contributed by atoms with Crippen LogP contribution in [0.5, 0.6) is 0 Å². The normalized spacial score (nSPS) is 14.5. The predicted octanol–water partition coefficient (Wildman–Crippen LogP) is 4.39. The van der Waals surface area contributed by atoms with Crippen LogP contribution < -0.4 is 5.32 Å². The van der Waals surface area contributed by atoms with Gasteiger partial charge in [0.05, 0.1) is 0 Å². The topological polar surface area (TPSA) is 132 Å². The highest BCUT2D eigenvalue weighted by molar-refractivity contribution is 5.92. The Morgan fingerprint density at radius 3 is 1.87 bits per heavy atom. The zero-order chi connectivity index (χ0) is 33.4. The predicted molar refractivity (Wildman–Crippen MR) is 172 cm³/mol. The molecule has 0 radical (unpaired) electrons. The summed E-state index contributed by atoms with van der Waals surface area (Å²) >= 11 is 0. The Morgan fingerprint density at radius 1 is 0.787 bits per heavy atom. The van der Waals surface area contributed by atoms with E-state index >= 15 is 0 Å². The van der Waals surface area contributed by atoms with Crippen LogP contribution >= 0.6 is 0 Å². The first-order valence-corrected chi connectivity index (χ1v) is 15.8. The van der Waals surface area contributed by atoms with E-state index in [9.17, 15) is 24.0 Å². The lowest BCUT2D eigenvalue weighted by Crippen LogP contribution is -2.54. The van der Waals surface area contributed by atoms with Crippen molar-refractivity contribution >= 4 is 29.8 Å². The molecular formula is C36H41N3O8. The summed E-state index contributed by atoms with van der Waals surface area (Å²) in [7, 11) is 0. The van der Waals surface area contributed by atoms with Crippen molar-refractivity contribution in [3.8, 4) is 0 Å². The van der Waals surface area contributed by atoms with E-state index in [1.54, 1.807) is 6.92 Å². The number of likely N-dealkylation sites (tertiary alicyclic amines) is 1. The van der Waals surface area contributed by atoms with Gasteiger partial charge in [0.1, 0.15) is 38.4 Å².